The number of hydrogen-bond donors (Lipinski definition) is 0. The van der Waals surface area contributed by atoms with Crippen LogP contribution in [0.3, 0.4) is 0 Å². The minimum Gasteiger partial charge on any atom is -0.204 e. The Morgan fingerprint density at radius 2 is 1.12 bits per heavy atom. The van der Waals surface area contributed by atoms with Gasteiger partial charge in [0, 0.05) is 0 Å². The van der Waals surface area contributed by atoms with E-state index in [1.54, 1.807) is 0 Å². The summed E-state index contributed by atoms with van der Waals surface area (Å²) in [5, 5.41) is 0. The molecule has 0 rings (SSSR count). The van der Waals surface area contributed by atoms with Gasteiger partial charge < -0.3 is 0 Å². The first-order chi connectivity index (χ1) is 7.56. The van der Waals surface area contributed by atoms with Gasteiger partial charge in [-0.2, -0.15) is 4.65 Å². The lowest BCUT2D eigenvalue weighted by Crippen LogP contribution is -2.34. The van der Waals surface area contributed by atoms with Gasteiger partial charge in [0.15, 0.2) is 0 Å². The van der Waals surface area contributed by atoms with Crippen molar-refractivity contribution in [1.82, 2.24) is 0 Å². The molecule has 0 radical (unpaired) electrons. The zero-order valence-electron chi connectivity index (χ0n) is 11.9. The van der Waals surface area contributed by atoms with Crippen LogP contribution >= 0.6 is 0 Å². The van der Waals surface area contributed by atoms with Gasteiger partial charge in [-0.1, -0.05) is 58.3 Å². The molecular weight excluding hydrogens is 198 g/mol. The van der Waals surface area contributed by atoms with Crippen molar-refractivity contribution >= 4 is 0 Å². The van der Waals surface area contributed by atoms with Crippen molar-refractivity contribution < 1.29 is 9.48 Å². The monoisotopic (exact) mass is 230 g/mol. The van der Waals surface area contributed by atoms with Crippen LogP contribution in [-0.4, -0.2) is 32.4 Å². The smallest absolute Gasteiger partial charge is 0.106 e. The van der Waals surface area contributed by atoms with E-state index >= 15 is 0 Å². The third-order valence-corrected chi connectivity index (χ3v) is 2.73. The predicted molar refractivity (Wildman–Crippen MR) is 71.2 cm³/mol. The zero-order valence-corrected chi connectivity index (χ0v) is 11.9. The molecule has 0 saturated heterocycles. The van der Waals surface area contributed by atoms with Crippen molar-refractivity contribution in [2.45, 2.75) is 64.7 Å². The Hall–Kier alpha value is -0.0800. The van der Waals surface area contributed by atoms with E-state index in [0.717, 1.165) is 6.61 Å². The van der Waals surface area contributed by atoms with Gasteiger partial charge in [0.1, 0.15) is 6.61 Å². The minimum atomic E-state index is 0.622. The summed E-state index contributed by atoms with van der Waals surface area (Å²) in [6.07, 6.45) is 12.4. The molecule has 0 aromatic rings. The first-order valence-corrected chi connectivity index (χ1v) is 7.02. The second kappa shape index (κ2) is 10.1. The van der Waals surface area contributed by atoms with E-state index in [-0.39, 0.29) is 0 Å². The maximum Gasteiger partial charge on any atom is 0.106 e. The third kappa shape index (κ3) is 13.9. The highest BCUT2D eigenvalue weighted by Crippen LogP contribution is 2.09. The van der Waals surface area contributed by atoms with Gasteiger partial charge >= 0.3 is 0 Å². The van der Waals surface area contributed by atoms with Crippen LogP contribution in [0.15, 0.2) is 0 Å². The second-order valence-corrected chi connectivity index (χ2v) is 5.55. The molecule has 2 nitrogen and oxygen atoms in total. The van der Waals surface area contributed by atoms with Crippen molar-refractivity contribution in [1.29, 1.82) is 0 Å². The molecule has 2 heteroatoms. The van der Waals surface area contributed by atoms with Crippen LogP contribution in [0.2, 0.25) is 0 Å². The zero-order chi connectivity index (χ0) is 12.3. The summed E-state index contributed by atoms with van der Waals surface area (Å²) in [7, 11) is 6.19. The van der Waals surface area contributed by atoms with Crippen LogP contribution < -0.4 is 0 Å². The van der Waals surface area contributed by atoms with Crippen LogP contribution in [-0.2, 0) is 4.84 Å². The lowest BCUT2D eigenvalue weighted by atomic mass is 10.1. The molecule has 0 aromatic heterocycles. The van der Waals surface area contributed by atoms with Crippen molar-refractivity contribution in [3.8, 4) is 0 Å². The first-order valence-electron chi connectivity index (χ1n) is 7.02. The van der Waals surface area contributed by atoms with Gasteiger partial charge in [-0.3, -0.25) is 0 Å². The SMILES string of the molecule is CCCCCCCCCCCO[N+](C)(C)C. The largest absolute Gasteiger partial charge is 0.204 e. The van der Waals surface area contributed by atoms with E-state index in [2.05, 4.69) is 28.1 Å². The first kappa shape index (κ1) is 15.9. The molecule has 0 amide bonds. The fraction of sp³-hybridized carbons (Fsp3) is 1.00. The van der Waals surface area contributed by atoms with E-state index < -0.39 is 0 Å². The topological polar surface area (TPSA) is 9.23 Å². The van der Waals surface area contributed by atoms with E-state index in [1.807, 2.05) is 0 Å². The van der Waals surface area contributed by atoms with Crippen molar-refractivity contribution in [2.75, 3.05) is 27.7 Å². The average molecular weight is 230 g/mol. The van der Waals surface area contributed by atoms with Crippen molar-refractivity contribution in [3.63, 3.8) is 0 Å². The Labute approximate surface area is 103 Å². The number of unbranched alkanes of at least 4 members (excludes halogenated alkanes) is 8. The highest BCUT2D eigenvalue weighted by atomic mass is 16.7. The molecule has 0 unspecified atom stereocenters. The van der Waals surface area contributed by atoms with Crippen LogP contribution in [0.1, 0.15) is 64.7 Å². The number of hydrogen-bond acceptors (Lipinski definition) is 1. The summed E-state index contributed by atoms with van der Waals surface area (Å²) in [5.41, 5.74) is 0. The molecule has 0 bridgehead atoms. The normalized spacial score (nSPS) is 12.0. The summed E-state index contributed by atoms with van der Waals surface area (Å²) >= 11 is 0. The number of hydroxylamine groups is 3. The molecule has 0 aliphatic heterocycles. The molecule has 0 aliphatic rings. The maximum absolute atomic E-state index is 5.63. The Balaban J connectivity index is 2.99. The van der Waals surface area contributed by atoms with Crippen LogP contribution in [0.5, 0.6) is 0 Å². The minimum absolute atomic E-state index is 0.622. The average Bonchev–Trinajstić information content (AvgIpc) is 2.19. The molecule has 0 atom stereocenters. The summed E-state index contributed by atoms with van der Waals surface area (Å²) in [5.74, 6) is 0. The molecule has 0 spiro atoms. The highest BCUT2D eigenvalue weighted by Gasteiger charge is 2.06. The van der Waals surface area contributed by atoms with Gasteiger partial charge in [-0.25, -0.2) is 4.84 Å². The van der Waals surface area contributed by atoms with Crippen LogP contribution in [0.25, 0.3) is 0 Å². The molecule has 16 heavy (non-hydrogen) atoms. The molecule has 0 aliphatic carbocycles. The fourth-order valence-corrected chi connectivity index (χ4v) is 1.75. The molecule has 0 heterocycles. The Kier molecular flexibility index (Phi) is 10.0. The number of nitrogens with zero attached hydrogens (tertiary/aromatic N) is 1. The lowest BCUT2D eigenvalue weighted by molar-refractivity contribution is -1.06. The standard InChI is InChI=1S/C14H32NO/c1-5-6-7-8-9-10-11-12-13-14-16-15(2,3)4/h5-14H2,1-4H3/q+1. The van der Waals surface area contributed by atoms with Crippen molar-refractivity contribution in [2.24, 2.45) is 0 Å². The maximum atomic E-state index is 5.63. The van der Waals surface area contributed by atoms with Crippen LogP contribution in [0.4, 0.5) is 0 Å². The highest BCUT2D eigenvalue weighted by molar-refractivity contribution is 4.46. The van der Waals surface area contributed by atoms with E-state index in [0.29, 0.717) is 4.65 Å². The second-order valence-electron chi connectivity index (χ2n) is 5.55. The van der Waals surface area contributed by atoms with Gasteiger partial charge in [-0.05, 0) is 6.42 Å². The van der Waals surface area contributed by atoms with E-state index in [4.69, 9.17) is 4.84 Å². The summed E-state index contributed by atoms with van der Waals surface area (Å²) in [6, 6.07) is 0. The molecular formula is C14H32NO+. The summed E-state index contributed by atoms with van der Waals surface area (Å²) in [6.45, 7) is 3.17. The Morgan fingerprint density at radius 1 is 0.688 bits per heavy atom. The molecule has 0 N–H and O–H groups in total. The summed E-state index contributed by atoms with van der Waals surface area (Å²) in [4.78, 5) is 5.63. The Bertz CT molecular complexity index is 140. The molecule has 98 valence electrons. The van der Waals surface area contributed by atoms with E-state index in [1.165, 1.54) is 57.8 Å². The molecule has 0 aromatic carbocycles. The quantitative estimate of drug-likeness (QED) is 0.294. The van der Waals surface area contributed by atoms with Gasteiger partial charge in [0.2, 0.25) is 0 Å². The van der Waals surface area contributed by atoms with Crippen molar-refractivity contribution in [3.05, 3.63) is 0 Å². The van der Waals surface area contributed by atoms with Gasteiger partial charge in [0.25, 0.3) is 0 Å². The Morgan fingerprint density at radius 3 is 1.56 bits per heavy atom. The van der Waals surface area contributed by atoms with Crippen LogP contribution in [0, 0.1) is 0 Å². The van der Waals surface area contributed by atoms with E-state index in [9.17, 15) is 0 Å². The third-order valence-electron chi connectivity index (χ3n) is 2.73. The predicted octanol–water partition coefficient (Wildman–Crippen LogP) is 4.16. The molecule has 0 fully saturated rings. The lowest BCUT2D eigenvalue weighted by Gasteiger charge is -2.20. The number of quaternary nitrogens is 1. The summed E-state index contributed by atoms with van der Waals surface area (Å²) < 4.78 is 0.622. The van der Waals surface area contributed by atoms with Gasteiger partial charge in [0.05, 0.1) is 21.1 Å². The van der Waals surface area contributed by atoms with Gasteiger partial charge in [-0.15, -0.1) is 0 Å². The fourth-order valence-electron chi connectivity index (χ4n) is 1.75. The molecule has 0 saturated carbocycles. The number of rotatable bonds is 11.